The number of nitro groups is 1. The molecule has 0 aliphatic carbocycles. The molecule has 21 heavy (non-hydrogen) atoms. The Bertz CT molecular complexity index is 654. The van der Waals surface area contributed by atoms with Crippen molar-refractivity contribution in [1.29, 1.82) is 0 Å². The molecule has 2 rings (SSSR count). The van der Waals surface area contributed by atoms with Gasteiger partial charge < -0.3 is 4.74 Å². The second-order valence-corrected chi connectivity index (χ2v) is 4.75. The summed E-state index contributed by atoms with van der Waals surface area (Å²) in [6.07, 6.45) is 1.76. The first-order chi connectivity index (χ1) is 10.1. The highest BCUT2D eigenvalue weighted by Gasteiger charge is 2.18. The molecule has 1 aromatic heterocycles. The predicted octanol–water partition coefficient (Wildman–Crippen LogP) is 2.99. The van der Waals surface area contributed by atoms with Crippen LogP contribution in [0.25, 0.3) is 10.9 Å². The van der Waals surface area contributed by atoms with E-state index in [2.05, 4.69) is 23.7 Å². The molecule has 1 aromatic carbocycles. The summed E-state index contributed by atoms with van der Waals surface area (Å²) in [5.41, 5.74) is 1.55. The van der Waals surface area contributed by atoms with Crippen molar-refractivity contribution in [2.24, 2.45) is 0 Å². The SMILES string of the molecule is CCN(CC)Cc1cnc2c(OC)c([N+](=O)[O-])ccc2c1. The van der Waals surface area contributed by atoms with Crippen LogP contribution in [0, 0.1) is 10.1 Å². The lowest BCUT2D eigenvalue weighted by Crippen LogP contribution is -2.22. The Hall–Kier alpha value is -2.21. The van der Waals surface area contributed by atoms with Crippen LogP contribution in [0.5, 0.6) is 5.75 Å². The number of nitro benzene ring substituents is 1. The third kappa shape index (κ3) is 3.11. The Labute approximate surface area is 123 Å². The number of pyridine rings is 1. The van der Waals surface area contributed by atoms with Gasteiger partial charge in [0.25, 0.3) is 0 Å². The largest absolute Gasteiger partial charge is 0.489 e. The van der Waals surface area contributed by atoms with Gasteiger partial charge in [0.15, 0.2) is 0 Å². The smallest absolute Gasteiger partial charge is 0.313 e. The standard InChI is InChI=1S/C15H19N3O3/c1-4-17(5-2)10-11-8-12-6-7-13(18(19)20)15(21-3)14(12)16-9-11/h6-9H,4-5,10H2,1-3H3. The van der Waals surface area contributed by atoms with Gasteiger partial charge in [-0.15, -0.1) is 0 Å². The molecular formula is C15H19N3O3. The summed E-state index contributed by atoms with van der Waals surface area (Å²) in [6, 6.07) is 5.19. The molecule has 6 heteroatoms. The van der Waals surface area contributed by atoms with E-state index in [0.29, 0.717) is 5.52 Å². The summed E-state index contributed by atoms with van der Waals surface area (Å²) in [4.78, 5) is 17.2. The van der Waals surface area contributed by atoms with Gasteiger partial charge in [-0.1, -0.05) is 13.8 Å². The topological polar surface area (TPSA) is 68.5 Å². The number of nitrogens with zero attached hydrogens (tertiary/aromatic N) is 3. The normalized spacial score (nSPS) is 11.0. The molecule has 0 aliphatic rings. The fourth-order valence-electron chi connectivity index (χ4n) is 2.35. The van der Waals surface area contributed by atoms with Crippen LogP contribution in [-0.4, -0.2) is 35.0 Å². The molecule has 0 aliphatic heterocycles. The number of rotatable bonds is 6. The van der Waals surface area contributed by atoms with Gasteiger partial charge >= 0.3 is 5.69 Å². The zero-order valence-corrected chi connectivity index (χ0v) is 12.5. The molecule has 0 bridgehead atoms. The van der Waals surface area contributed by atoms with Crippen LogP contribution in [0.4, 0.5) is 5.69 Å². The van der Waals surface area contributed by atoms with Gasteiger partial charge in [0, 0.05) is 24.2 Å². The lowest BCUT2D eigenvalue weighted by molar-refractivity contribution is -0.385. The minimum Gasteiger partial charge on any atom is -0.489 e. The molecule has 0 spiro atoms. The van der Waals surface area contributed by atoms with E-state index < -0.39 is 4.92 Å². The van der Waals surface area contributed by atoms with Gasteiger partial charge in [-0.2, -0.15) is 0 Å². The second kappa shape index (κ2) is 6.49. The van der Waals surface area contributed by atoms with E-state index in [4.69, 9.17) is 4.74 Å². The van der Waals surface area contributed by atoms with Crippen molar-refractivity contribution in [3.63, 3.8) is 0 Å². The first-order valence-corrected chi connectivity index (χ1v) is 6.93. The zero-order valence-electron chi connectivity index (χ0n) is 12.5. The number of ether oxygens (including phenoxy) is 1. The summed E-state index contributed by atoms with van der Waals surface area (Å²) in [6.45, 7) is 6.99. The van der Waals surface area contributed by atoms with Crippen LogP contribution >= 0.6 is 0 Å². The first kappa shape index (κ1) is 15.2. The lowest BCUT2D eigenvalue weighted by Gasteiger charge is -2.18. The first-order valence-electron chi connectivity index (χ1n) is 6.93. The monoisotopic (exact) mass is 289 g/mol. The molecule has 0 atom stereocenters. The van der Waals surface area contributed by atoms with Crippen molar-refractivity contribution >= 4 is 16.6 Å². The van der Waals surface area contributed by atoms with Crippen LogP contribution in [0.2, 0.25) is 0 Å². The molecule has 0 N–H and O–H groups in total. The highest BCUT2D eigenvalue weighted by atomic mass is 16.6. The van der Waals surface area contributed by atoms with Crippen LogP contribution in [0.3, 0.4) is 0 Å². The predicted molar refractivity (Wildman–Crippen MR) is 81.6 cm³/mol. The van der Waals surface area contributed by atoms with E-state index in [9.17, 15) is 10.1 Å². The average molecular weight is 289 g/mol. The Morgan fingerprint density at radius 3 is 2.62 bits per heavy atom. The maximum Gasteiger partial charge on any atom is 0.313 e. The van der Waals surface area contributed by atoms with Crippen LogP contribution in [0.1, 0.15) is 19.4 Å². The van der Waals surface area contributed by atoms with E-state index in [1.165, 1.54) is 13.2 Å². The molecule has 0 fully saturated rings. The summed E-state index contributed by atoms with van der Waals surface area (Å²) in [5, 5.41) is 11.9. The van der Waals surface area contributed by atoms with Gasteiger partial charge in [0.1, 0.15) is 5.52 Å². The number of fused-ring (bicyclic) bond motifs is 1. The number of hydrogen-bond acceptors (Lipinski definition) is 5. The molecule has 6 nitrogen and oxygen atoms in total. The Morgan fingerprint density at radius 2 is 2.05 bits per heavy atom. The van der Waals surface area contributed by atoms with Gasteiger partial charge in [0.05, 0.1) is 12.0 Å². The third-order valence-electron chi connectivity index (χ3n) is 3.54. The van der Waals surface area contributed by atoms with E-state index in [-0.39, 0.29) is 11.4 Å². The number of methoxy groups -OCH3 is 1. The molecule has 0 saturated carbocycles. The van der Waals surface area contributed by atoms with Gasteiger partial charge in [-0.05, 0) is 30.8 Å². The van der Waals surface area contributed by atoms with Crippen molar-refractivity contribution in [3.8, 4) is 5.75 Å². The van der Waals surface area contributed by atoms with E-state index in [1.54, 1.807) is 12.3 Å². The third-order valence-corrected chi connectivity index (χ3v) is 3.54. The molecule has 0 saturated heterocycles. The van der Waals surface area contributed by atoms with E-state index >= 15 is 0 Å². The molecule has 0 amide bonds. The van der Waals surface area contributed by atoms with Crippen molar-refractivity contribution in [3.05, 3.63) is 40.1 Å². The van der Waals surface area contributed by atoms with Crippen molar-refractivity contribution < 1.29 is 9.66 Å². The Balaban J connectivity index is 2.46. The minimum absolute atomic E-state index is 0.0611. The second-order valence-electron chi connectivity index (χ2n) is 4.75. The van der Waals surface area contributed by atoms with Crippen molar-refractivity contribution in [2.75, 3.05) is 20.2 Å². The molecule has 1 heterocycles. The number of hydrogen-bond donors (Lipinski definition) is 0. The maximum atomic E-state index is 11.0. The Morgan fingerprint density at radius 1 is 1.33 bits per heavy atom. The fourth-order valence-corrected chi connectivity index (χ4v) is 2.35. The van der Waals surface area contributed by atoms with Gasteiger partial charge in [-0.3, -0.25) is 20.0 Å². The molecule has 0 radical (unpaired) electrons. The number of aromatic nitrogens is 1. The van der Waals surface area contributed by atoms with Crippen LogP contribution in [-0.2, 0) is 6.54 Å². The van der Waals surface area contributed by atoms with Crippen LogP contribution < -0.4 is 4.74 Å². The van der Waals surface area contributed by atoms with Gasteiger partial charge in [-0.25, -0.2) is 0 Å². The summed E-state index contributed by atoms with van der Waals surface area (Å²) in [7, 11) is 1.42. The summed E-state index contributed by atoms with van der Waals surface area (Å²) < 4.78 is 5.17. The molecule has 2 aromatic rings. The minimum atomic E-state index is -0.455. The molecule has 112 valence electrons. The Kier molecular flexibility index (Phi) is 4.70. The highest BCUT2D eigenvalue weighted by Crippen LogP contribution is 2.34. The van der Waals surface area contributed by atoms with Crippen molar-refractivity contribution in [1.82, 2.24) is 9.88 Å². The summed E-state index contributed by atoms with van der Waals surface area (Å²) in [5.74, 6) is 0.215. The molecular weight excluding hydrogens is 270 g/mol. The van der Waals surface area contributed by atoms with Crippen LogP contribution in [0.15, 0.2) is 24.4 Å². The lowest BCUT2D eigenvalue weighted by atomic mass is 10.1. The maximum absolute atomic E-state index is 11.0. The fraction of sp³-hybridized carbons (Fsp3) is 0.400. The highest BCUT2D eigenvalue weighted by molar-refractivity contribution is 5.88. The van der Waals surface area contributed by atoms with Gasteiger partial charge in [0.2, 0.25) is 5.75 Å². The van der Waals surface area contributed by atoms with E-state index in [1.807, 2.05) is 6.07 Å². The molecule has 0 unspecified atom stereocenters. The average Bonchev–Trinajstić information content (AvgIpc) is 2.50. The summed E-state index contributed by atoms with van der Waals surface area (Å²) >= 11 is 0. The van der Waals surface area contributed by atoms with Crippen molar-refractivity contribution in [2.45, 2.75) is 20.4 Å². The quantitative estimate of drug-likeness (QED) is 0.604. The zero-order chi connectivity index (χ0) is 15.4. The van der Waals surface area contributed by atoms with E-state index in [0.717, 1.165) is 30.6 Å². The number of benzene rings is 1.